The van der Waals surface area contributed by atoms with Crippen LogP contribution in [-0.4, -0.2) is 57.9 Å². The fraction of sp³-hybridized carbons (Fsp3) is 0.238. The van der Waals surface area contributed by atoms with Gasteiger partial charge in [-0.3, -0.25) is 4.79 Å². The monoisotopic (exact) mass is 437 g/mol. The molecule has 1 amide bonds. The number of hydrogen-bond acceptors (Lipinski definition) is 8. The summed E-state index contributed by atoms with van der Waals surface area (Å²) < 4.78 is 7.44. The molecule has 9 heteroatoms. The van der Waals surface area contributed by atoms with Crippen LogP contribution in [0.5, 0.6) is 0 Å². The standard InChI is InChI=1S/C21H19N5O2S2/c27-20(14-29-21-22-16-4-1-2-6-18(16)30-21)26-11-9-25(10-12-26)19-8-7-15(23-24-19)17-5-3-13-28-17/h1-8,13H,9-12,14H2. The summed E-state index contributed by atoms with van der Waals surface area (Å²) in [5, 5.41) is 8.58. The van der Waals surface area contributed by atoms with Crippen molar-refractivity contribution in [2.75, 3.05) is 36.8 Å². The van der Waals surface area contributed by atoms with Crippen LogP contribution < -0.4 is 4.90 Å². The number of para-hydroxylation sites is 1. The molecule has 1 fully saturated rings. The lowest BCUT2D eigenvalue weighted by Gasteiger charge is -2.35. The zero-order valence-electron chi connectivity index (χ0n) is 16.1. The largest absolute Gasteiger partial charge is 0.463 e. The van der Waals surface area contributed by atoms with E-state index in [0.717, 1.165) is 33.5 Å². The van der Waals surface area contributed by atoms with Crippen molar-refractivity contribution in [2.24, 2.45) is 0 Å². The molecule has 1 saturated heterocycles. The Labute approximate surface area is 181 Å². The molecule has 7 nitrogen and oxygen atoms in total. The first-order valence-corrected chi connectivity index (χ1v) is 11.5. The smallest absolute Gasteiger partial charge is 0.233 e. The molecule has 4 aromatic rings. The molecule has 0 aliphatic carbocycles. The summed E-state index contributed by atoms with van der Waals surface area (Å²) in [6.45, 7) is 2.85. The van der Waals surface area contributed by atoms with Gasteiger partial charge in [0.05, 0.1) is 22.2 Å². The predicted molar refractivity (Wildman–Crippen MR) is 119 cm³/mol. The highest BCUT2D eigenvalue weighted by Crippen LogP contribution is 2.29. The fourth-order valence-corrected chi connectivity index (χ4v) is 5.33. The minimum atomic E-state index is 0.151. The van der Waals surface area contributed by atoms with E-state index in [0.29, 0.717) is 30.3 Å². The van der Waals surface area contributed by atoms with Crippen molar-refractivity contribution in [1.82, 2.24) is 20.1 Å². The first kappa shape index (κ1) is 19.1. The van der Waals surface area contributed by atoms with Gasteiger partial charge in [-0.1, -0.05) is 23.9 Å². The Morgan fingerprint density at radius 3 is 2.63 bits per heavy atom. The van der Waals surface area contributed by atoms with E-state index in [-0.39, 0.29) is 5.91 Å². The predicted octanol–water partition coefficient (Wildman–Crippen LogP) is 3.79. The molecule has 0 radical (unpaired) electrons. The minimum Gasteiger partial charge on any atom is -0.463 e. The first-order chi connectivity index (χ1) is 14.8. The number of aromatic nitrogens is 3. The van der Waals surface area contributed by atoms with Crippen LogP contribution in [0.4, 0.5) is 5.82 Å². The van der Waals surface area contributed by atoms with Crippen molar-refractivity contribution >= 4 is 45.0 Å². The van der Waals surface area contributed by atoms with E-state index in [2.05, 4.69) is 26.1 Å². The van der Waals surface area contributed by atoms with Gasteiger partial charge >= 0.3 is 0 Å². The molecule has 4 heterocycles. The van der Waals surface area contributed by atoms with Crippen molar-refractivity contribution < 1.29 is 9.21 Å². The van der Waals surface area contributed by atoms with E-state index in [9.17, 15) is 4.79 Å². The van der Waals surface area contributed by atoms with Gasteiger partial charge in [-0.2, -0.15) is 0 Å². The maximum atomic E-state index is 12.6. The number of thiazole rings is 1. The zero-order valence-corrected chi connectivity index (χ0v) is 17.7. The van der Waals surface area contributed by atoms with Gasteiger partial charge in [-0.05, 0) is 36.4 Å². The Bertz CT molecular complexity index is 1100. The van der Waals surface area contributed by atoms with Crippen LogP contribution in [0.15, 0.2) is 63.6 Å². The first-order valence-electron chi connectivity index (χ1n) is 9.65. The van der Waals surface area contributed by atoms with Crippen LogP contribution in [0.3, 0.4) is 0 Å². The molecule has 1 aromatic carbocycles. The summed E-state index contributed by atoms with van der Waals surface area (Å²) >= 11 is 3.15. The minimum absolute atomic E-state index is 0.151. The summed E-state index contributed by atoms with van der Waals surface area (Å²) in [6.07, 6.45) is 1.62. The van der Waals surface area contributed by atoms with Crippen molar-refractivity contribution in [1.29, 1.82) is 0 Å². The topological polar surface area (TPSA) is 75.4 Å². The van der Waals surface area contributed by atoms with E-state index in [1.54, 1.807) is 17.6 Å². The zero-order chi connectivity index (χ0) is 20.3. The van der Waals surface area contributed by atoms with Crippen molar-refractivity contribution in [2.45, 2.75) is 4.34 Å². The Kier molecular flexibility index (Phi) is 5.37. The molecule has 0 bridgehead atoms. The quantitative estimate of drug-likeness (QED) is 0.440. The molecule has 0 atom stereocenters. The summed E-state index contributed by atoms with van der Waals surface area (Å²) in [4.78, 5) is 21.3. The van der Waals surface area contributed by atoms with Crippen LogP contribution in [0.2, 0.25) is 0 Å². The second kappa shape index (κ2) is 8.45. The number of fused-ring (bicyclic) bond motifs is 1. The second-order valence-electron chi connectivity index (χ2n) is 6.86. The Morgan fingerprint density at radius 2 is 1.90 bits per heavy atom. The van der Waals surface area contributed by atoms with Gasteiger partial charge < -0.3 is 14.2 Å². The molecule has 0 unspecified atom stereocenters. The third kappa shape index (κ3) is 4.03. The molecular weight excluding hydrogens is 418 g/mol. The molecule has 152 valence electrons. The number of hydrogen-bond donors (Lipinski definition) is 0. The number of carbonyl (C=O) groups is 1. The van der Waals surface area contributed by atoms with E-state index in [1.165, 1.54) is 11.8 Å². The van der Waals surface area contributed by atoms with Gasteiger partial charge in [-0.25, -0.2) is 4.98 Å². The molecule has 1 aliphatic rings. The molecule has 3 aromatic heterocycles. The Hall–Kier alpha value is -2.91. The lowest BCUT2D eigenvalue weighted by Crippen LogP contribution is -2.49. The number of benzene rings is 1. The number of anilines is 1. The van der Waals surface area contributed by atoms with Crippen LogP contribution in [-0.2, 0) is 4.79 Å². The summed E-state index contributed by atoms with van der Waals surface area (Å²) in [5.74, 6) is 2.09. The number of furan rings is 1. The fourth-order valence-electron chi connectivity index (χ4n) is 3.36. The molecule has 5 rings (SSSR count). The van der Waals surface area contributed by atoms with Crippen molar-refractivity contribution in [3.8, 4) is 11.5 Å². The highest BCUT2D eigenvalue weighted by molar-refractivity contribution is 8.01. The highest BCUT2D eigenvalue weighted by atomic mass is 32.2. The number of nitrogens with zero attached hydrogens (tertiary/aromatic N) is 5. The lowest BCUT2D eigenvalue weighted by molar-refractivity contribution is -0.128. The maximum Gasteiger partial charge on any atom is 0.233 e. The third-order valence-corrected chi connectivity index (χ3v) is 7.14. The Morgan fingerprint density at radius 1 is 1.03 bits per heavy atom. The lowest BCUT2D eigenvalue weighted by atomic mass is 10.3. The van der Waals surface area contributed by atoms with Crippen LogP contribution in [0.25, 0.3) is 21.7 Å². The second-order valence-corrected chi connectivity index (χ2v) is 9.11. The van der Waals surface area contributed by atoms with Crippen LogP contribution in [0, 0.1) is 0 Å². The highest BCUT2D eigenvalue weighted by Gasteiger charge is 2.22. The van der Waals surface area contributed by atoms with Gasteiger partial charge in [0.2, 0.25) is 5.91 Å². The molecule has 30 heavy (non-hydrogen) atoms. The van der Waals surface area contributed by atoms with Gasteiger partial charge in [0.1, 0.15) is 5.69 Å². The maximum absolute atomic E-state index is 12.6. The molecule has 1 aliphatic heterocycles. The van der Waals surface area contributed by atoms with Gasteiger partial charge in [0.15, 0.2) is 15.9 Å². The van der Waals surface area contributed by atoms with Gasteiger partial charge in [0, 0.05) is 26.2 Å². The summed E-state index contributed by atoms with van der Waals surface area (Å²) in [7, 11) is 0. The average molecular weight is 438 g/mol. The van der Waals surface area contributed by atoms with E-state index in [1.807, 2.05) is 47.4 Å². The number of piperazine rings is 1. The normalized spacial score (nSPS) is 14.4. The molecular formula is C21H19N5O2S2. The van der Waals surface area contributed by atoms with Gasteiger partial charge in [0.25, 0.3) is 0 Å². The molecule has 0 N–H and O–H groups in total. The van der Waals surface area contributed by atoms with E-state index in [4.69, 9.17) is 4.42 Å². The third-order valence-electron chi connectivity index (χ3n) is 4.97. The van der Waals surface area contributed by atoms with Crippen molar-refractivity contribution in [3.05, 3.63) is 54.8 Å². The molecule has 0 spiro atoms. The van der Waals surface area contributed by atoms with Gasteiger partial charge in [-0.15, -0.1) is 21.5 Å². The molecule has 0 saturated carbocycles. The number of carbonyl (C=O) groups excluding carboxylic acids is 1. The number of thioether (sulfide) groups is 1. The Balaban J connectivity index is 1.14. The average Bonchev–Trinajstić information content (AvgIpc) is 3.47. The number of amides is 1. The van der Waals surface area contributed by atoms with Crippen molar-refractivity contribution in [3.63, 3.8) is 0 Å². The summed E-state index contributed by atoms with van der Waals surface area (Å²) in [6, 6.07) is 15.6. The summed E-state index contributed by atoms with van der Waals surface area (Å²) in [5.41, 5.74) is 1.70. The van der Waals surface area contributed by atoms with Crippen LogP contribution >= 0.6 is 23.1 Å². The van der Waals surface area contributed by atoms with E-state index >= 15 is 0 Å². The number of rotatable bonds is 5. The van der Waals surface area contributed by atoms with Crippen LogP contribution in [0.1, 0.15) is 0 Å². The van der Waals surface area contributed by atoms with E-state index < -0.39 is 0 Å². The SMILES string of the molecule is O=C(CSc1nc2ccccc2s1)N1CCN(c2ccc(-c3ccco3)nn2)CC1.